The smallest absolute Gasteiger partial charge is 0.306 e. The fourth-order valence-electron chi connectivity index (χ4n) is 0.603. The lowest BCUT2D eigenvalue weighted by atomic mass is 10.9. The quantitative estimate of drug-likeness (QED) is 0.514. The Hall–Kier alpha value is 0.430. The predicted molar refractivity (Wildman–Crippen MR) is 58.8 cm³/mol. The van der Waals surface area contributed by atoms with Crippen molar-refractivity contribution >= 4 is 35.8 Å². The number of nitrogens with zero attached hydrogens (tertiary/aromatic N) is 1. The minimum absolute atomic E-state index is 0.442. The Labute approximate surface area is 83.1 Å². The highest BCUT2D eigenvalue weighted by Crippen LogP contribution is 2.60. The van der Waals surface area contributed by atoms with Gasteiger partial charge in [0, 0.05) is 12.8 Å². The third-order valence-corrected chi connectivity index (χ3v) is 6.50. The highest BCUT2D eigenvalue weighted by molar-refractivity contribution is 8.56. The van der Waals surface area contributed by atoms with Crippen molar-refractivity contribution in [2.75, 3.05) is 19.4 Å². The van der Waals surface area contributed by atoms with E-state index in [1.54, 1.807) is 7.05 Å². The third kappa shape index (κ3) is 3.44. The summed E-state index contributed by atoms with van der Waals surface area (Å²) in [5.41, 5.74) is 1.36. The average molecular weight is 227 g/mol. The minimum Gasteiger partial charge on any atom is -0.306 e. The van der Waals surface area contributed by atoms with Crippen LogP contribution >= 0.6 is 30.3 Å². The van der Waals surface area contributed by atoms with E-state index in [1.807, 2.05) is 13.8 Å². The number of rotatable bonds is 6. The topological polar surface area (TPSA) is 29.5 Å². The van der Waals surface area contributed by atoms with Crippen LogP contribution in [0.5, 0.6) is 0 Å². The summed E-state index contributed by atoms with van der Waals surface area (Å²) in [6.45, 7) is 1.48. The molecule has 0 aliphatic heterocycles. The van der Waals surface area contributed by atoms with Gasteiger partial charge in [-0.3, -0.25) is 9.24 Å². The summed E-state index contributed by atoms with van der Waals surface area (Å²) in [6, 6.07) is 0. The van der Waals surface area contributed by atoms with Crippen molar-refractivity contribution in [1.82, 2.24) is 4.67 Å². The summed E-state index contributed by atoms with van der Waals surface area (Å²) in [7, 11) is 1.67. The van der Waals surface area contributed by atoms with Crippen molar-refractivity contribution < 1.29 is 9.09 Å². The Morgan fingerprint density at radius 3 is 2.58 bits per heavy atom. The molecule has 0 aliphatic carbocycles. The molecule has 0 N–H and O–H groups in total. The first-order valence-corrected chi connectivity index (χ1v) is 7.32. The maximum Gasteiger partial charge on any atom is 0.353 e. The summed E-state index contributed by atoms with van der Waals surface area (Å²) >= 11 is 5.98. The van der Waals surface area contributed by atoms with Gasteiger partial charge in [-0.1, -0.05) is 19.1 Å². The normalized spacial score (nSPS) is 15.2. The Morgan fingerprint density at radius 2 is 2.25 bits per heavy atom. The van der Waals surface area contributed by atoms with Crippen molar-refractivity contribution in [1.29, 1.82) is 0 Å². The van der Waals surface area contributed by atoms with Crippen molar-refractivity contribution in [2.24, 2.45) is 0 Å². The zero-order valence-corrected chi connectivity index (χ0v) is 10.0. The second kappa shape index (κ2) is 5.97. The monoisotopic (exact) mass is 227 g/mol. The van der Waals surface area contributed by atoms with Gasteiger partial charge in [0.25, 0.3) is 0 Å². The van der Waals surface area contributed by atoms with E-state index in [9.17, 15) is 4.57 Å². The summed E-state index contributed by atoms with van der Waals surface area (Å²) in [4.78, 5) is 0. The fraction of sp³-hybridized carbons (Fsp3) is 0.833. The zero-order chi connectivity index (χ0) is 9.61. The van der Waals surface area contributed by atoms with E-state index in [4.69, 9.17) is 4.52 Å². The van der Waals surface area contributed by atoms with Crippen LogP contribution in [0.25, 0.3) is 0 Å². The zero-order valence-electron chi connectivity index (χ0n) is 7.52. The van der Waals surface area contributed by atoms with Crippen LogP contribution in [0.15, 0.2) is 0 Å². The summed E-state index contributed by atoms with van der Waals surface area (Å²) in [6.07, 6.45) is 0. The van der Waals surface area contributed by atoms with Crippen LogP contribution in [0.3, 0.4) is 0 Å². The maximum absolute atomic E-state index is 11.9. The molecule has 72 valence electrons. The summed E-state index contributed by atoms with van der Waals surface area (Å²) in [5.74, 6) is 0.755. The van der Waals surface area contributed by atoms with Gasteiger partial charge in [0.1, 0.15) is 0 Å². The first-order valence-electron chi connectivity index (χ1n) is 3.68. The van der Waals surface area contributed by atoms with Gasteiger partial charge >= 0.3 is 6.72 Å². The molecule has 6 heteroatoms. The maximum atomic E-state index is 11.9. The van der Waals surface area contributed by atoms with Crippen molar-refractivity contribution in [3.63, 3.8) is 0 Å². The lowest BCUT2D eigenvalue weighted by Gasteiger charge is -2.23. The largest absolute Gasteiger partial charge is 0.353 e. The van der Waals surface area contributed by atoms with E-state index in [1.165, 1.54) is 21.5 Å². The molecule has 1 unspecified atom stereocenters. The number of hydrogen-bond donors (Lipinski definition) is 0. The molecule has 0 amide bonds. The van der Waals surface area contributed by atoms with E-state index in [2.05, 4.69) is 12.2 Å². The molecular formula is C6H14NO2PS2. The molecule has 0 aliphatic rings. The third-order valence-electron chi connectivity index (χ3n) is 1.12. The molecular weight excluding hydrogens is 213 g/mol. The SMILES string of the molecule is CCOP(=O)(SCC)N(C)C=S. The highest BCUT2D eigenvalue weighted by Gasteiger charge is 2.26. The van der Waals surface area contributed by atoms with Crippen LogP contribution in [-0.2, 0) is 9.09 Å². The second-order valence-corrected chi connectivity index (χ2v) is 7.01. The lowest BCUT2D eigenvalue weighted by Crippen LogP contribution is -2.11. The van der Waals surface area contributed by atoms with Gasteiger partial charge in [-0.05, 0) is 18.3 Å². The van der Waals surface area contributed by atoms with Gasteiger partial charge in [-0.2, -0.15) is 0 Å². The molecule has 0 aromatic heterocycles. The fourth-order valence-corrected chi connectivity index (χ4v) is 4.57. The average Bonchev–Trinajstić information content (AvgIpc) is 2.04. The summed E-state index contributed by atoms with van der Waals surface area (Å²) in [5, 5.41) is 0. The van der Waals surface area contributed by atoms with Gasteiger partial charge in [-0.15, -0.1) is 0 Å². The first-order chi connectivity index (χ1) is 5.60. The van der Waals surface area contributed by atoms with Gasteiger partial charge in [0.2, 0.25) is 0 Å². The van der Waals surface area contributed by atoms with Crippen molar-refractivity contribution in [3.8, 4) is 0 Å². The molecule has 0 rings (SSSR count). The molecule has 0 saturated heterocycles. The van der Waals surface area contributed by atoms with Crippen molar-refractivity contribution in [3.05, 3.63) is 0 Å². The lowest BCUT2D eigenvalue weighted by molar-refractivity contribution is 0.325. The highest BCUT2D eigenvalue weighted by atomic mass is 32.7. The Bertz CT molecular complexity index is 178. The molecule has 12 heavy (non-hydrogen) atoms. The van der Waals surface area contributed by atoms with E-state index >= 15 is 0 Å². The van der Waals surface area contributed by atoms with Crippen LogP contribution in [0.1, 0.15) is 13.8 Å². The van der Waals surface area contributed by atoms with E-state index in [0.29, 0.717) is 6.61 Å². The molecule has 0 saturated carbocycles. The Kier molecular flexibility index (Phi) is 6.19. The van der Waals surface area contributed by atoms with Crippen molar-refractivity contribution in [2.45, 2.75) is 13.8 Å². The van der Waals surface area contributed by atoms with Gasteiger partial charge < -0.3 is 4.52 Å². The second-order valence-electron chi connectivity index (χ2n) is 1.98. The van der Waals surface area contributed by atoms with Crippen LogP contribution in [-0.4, -0.2) is 29.6 Å². The molecule has 1 atom stereocenters. The van der Waals surface area contributed by atoms with E-state index in [-0.39, 0.29) is 0 Å². The molecule has 0 aromatic carbocycles. The van der Waals surface area contributed by atoms with Crippen LogP contribution in [0.2, 0.25) is 0 Å². The van der Waals surface area contributed by atoms with Gasteiger partial charge in [0.15, 0.2) is 0 Å². The molecule has 0 radical (unpaired) electrons. The van der Waals surface area contributed by atoms with Gasteiger partial charge in [-0.25, -0.2) is 0 Å². The first kappa shape index (κ1) is 12.4. The molecule has 0 spiro atoms. The van der Waals surface area contributed by atoms with Crippen LogP contribution in [0, 0.1) is 0 Å². The Balaban J connectivity index is 4.37. The molecule has 0 aromatic rings. The molecule has 0 heterocycles. The van der Waals surface area contributed by atoms with Crippen LogP contribution in [0.4, 0.5) is 0 Å². The van der Waals surface area contributed by atoms with Crippen LogP contribution < -0.4 is 0 Å². The number of thiocarbonyl (C=S) groups is 1. The standard InChI is InChI=1S/C6H14NO2PS2/c1-4-9-10(8,12-5-2)7(3)6-11/h6H,4-5H2,1-3H3. The molecule has 3 nitrogen and oxygen atoms in total. The van der Waals surface area contributed by atoms with E-state index < -0.39 is 6.72 Å². The predicted octanol–water partition coefficient (Wildman–Crippen LogP) is 2.77. The summed E-state index contributed by atoms with van der Waals surface area (Å²) < 4.78 is 18.6. The van der Waals surface area contributed by atoms with E-state index in [0.717, 1.165) is 5.75 Å². The van der Waals surface area contributed by atoms with Gasteiger partial charge in [0.05, 0.1) is 12.1 Å². The molecule has 0 bridgehead atoms. The Morgan fingerprint density at radius 1 is 1.67 bits per heavy atom. The number of hydrogen-bond acceptors (Lipinski definition) is 4. The molecule has 0 fully saturated rings. The minimum atomic E-state index is -2.72.